The predicted octanol–water partition coefficient (Wildman–Crippen LogP) is 4.43. The third-order valence-electron chi connectivity index (χ3n) is 5.90. The summed E-state index contributed by atoms with van der Waals surface area (Å²) >= 11 is 1.72. The Labute approximate surface area is 205 Å². The largest absolute Gasteiger partial charge is 0.494 e. The Hall–Kier alpha value is -2.84. The number of hydrogen-bond acceptors (Lipinski definition) is 7. The number of thiazole rings is 1. The van der Waals surface area contributed by atoms with Gasteiger partial charge in [-0.15, -0.1) is 0 Å². The number of hydrogen-bond donors (Lipinski definition) is 1. The predicted molar refractivity (Wildman–Crippen MR) is 139 cm³/mol. The van der Waals surface area contributed by atoms with Crippen LogP contribution in [0.4, 0.5) is 5.13 Å². The van der Waals surface area contributed by atoms with Gasteiger partial charge in [0, 0.05) is 44.8 Å². The lowest BCUT2D eigenvalue weighted by Crippen LogP contribution is -2.48. The van der Waals surface area contributed by atoms with E-state index in [4.69, 9.17) is 14.5 Å². The summed E-state index contributed by atoms with van der Waals surface area (Å²) < 4.78 is 12.4. The number of fused-ring (bicyclic) bond motifs is 1. The number of piperazine rings is 1. The van der Waals surface area contributed by atoms with Crippen LogP contribution in [-0.2, 0) is 0 Å². The van der Waals surface area contributed by atoms with E-state index in [9.17, 15) is 4.79 Å². The zero-order valence-corrected chi connectivity index (χ0v) is 20.9. The molecule has 2 aromatic carbocycles. The van der Waals surface area contributed by atoms with E-state index >= 15 is 0 Å². The lowest BCUT2D eigenvalue weighted by Gasteiger charge is -2.34. The lowest BCUT2D eigenvalue weighted by molar-refractivity contribution is 0.0947. The summed E-state index contributed by atoms with van der Waals surface area (Å²) in [5.74, 6) is 1.67. The maximum Gasteiger partial charge on any atom is 0.251 e. The van der Waals surface area contributed by atoms with Gasteiger partial charge in [0.25, 0.3) is 5.91 Å². The smallest absolute Gasteiger partial charge is 0.251 e. The van der Waals surface area contributed by atoms with Crippen LogP contribution in [-0.4, -0.2) is 68.3 Å². The number of rotatable bonds is 11. The number of anilines is 1. The Bertz CT molecular complexity index is 1060. The molecule has 1 fully saturated rings. The fraction of sp³-hybridized carbons (Fsp3) is 0.462. The maximum atomic E-state index is 12.5. The van der Waals surface area contributed by atoms with E-state index in [1.165, 1.54) is 0 Å². The number of carbonyl (C=O) groups excluding carboxylic acids is 1. The molecule has 0 unspecified atom stereocenters. The van der Waals surface area contributed by atoms with Gasteiger partial charge in [0.1, 0.15) is 11.5 Å². The van der Waals surface area contributed by atoms with Gasteiger partial charge in [-0.1, -0.05) is 24.7 Å². The quantitative estimate of drug-likeness (QED) is 0.408. The number of carbonyl (C=O) groups is 1. The number of nitrogens with one attached hydrogen (secondary N) is 1. The zero-order valence-electron chi connectivity index (χ0n) is 20.1. The molecule has 1 amide bonds. The Kier molecular flexibility index (Phi) is 8.60. The summed E-state index contributed by atoms with van der Waals surface area (Å²) in [6.07, 6.45) is 2.14. The highest BCUT2D eigenvalue weighted by Crippen LogP contribution is 2.32. The molecule has 1 aliphatic heterocycles. The van der Waals surface area contributed by atoms with Crippen molar-refractivity contribution in [1.82, 2.24) is 15.2 Å². The second kappa shape index (κ2) is 12.0. The first-order chi connectivity index (χ1) is 16.7. The minimum atomic E-state index is -0.0420. The number of amides is 1. The Morgan fingerprint density at radius 1 is 1.03 bits per heavy atom. The molecule has 7 nitrogen and oxygen atoms in total. The van der Waals surface area contributed by atoms with Crippen molar-refractivity contribution in [3.8, 4) is 11.5 Å². The molecular formula is C26H34N4O3S. The fourth-order valence-corrected chi connectivity index (χ4v) is 4.96. The van der Waals surface area contributed by atoms with E-state index in [2.05, 4.69) is 28.1 Å². The Morgan fingerprint density at radius 3 is 2.53 bits per heavy atom. The van der Waals surface area contributed by atoms with Crippen LogP contribution in [0.25, 0.3) is 10.2 Å². The van der Waals surface area contributed by atoms with Crippen LogP contribution >= 0.6 is 11.3 Å². The van der Waals surface area contributed by atoms with Crippen LogP contribution in [0.1, 0.15) is 37.0 Å². The van der Waals surface area contributed by atoms with Crippen molar-refractivity contribution in [2.24, 2.45) is 0 Å². The standard InChI is InChI=1S/C26H34N4O3S/c1-3-5-18-33-21-8-6-20(7-9-21)25(31)27-12-13-29-14-16-30(17-15-29)26-28-23-11-10-22(32-4-2)19-24(23)34-26/h6-11,19H,3-5,12-18H2,1-2H3,(H,27,31). The number of nitrogens with zero attached hydrogens (tertiary/aromatic N) is 3. The highest BCUT2D eigenvalue weighted by atomic mass is 32.1. The van der Waals surface area contributed by atoms with Crippen molar-refractivity contribution in [2.75, 3.05) is 57.4 Å². The highest BCUT2D eigenvalue weighted by molar-refractivity contribution is 7.22. The van der Waals surface area contributed by atoms with Crippen molar-refractivity contribution in [3.63, 3.8) is 0 Å². The molecule has 1 N–H and O–H groups in total. The summed E-state index contributed by atoms with van der Waals surface area (Å²) in [6, 6.07) is 13.5. The van der Waals surface area contributed by atoms with Gasteiger partial charge in [-0.2, -0.15) is 0 Å². The van der Waals surface area contributed by atoms with Crippen LogP contribution in [0.5, 0.6) is 11.5 Å². The molecule has 1 aliphatic rings. The summed E-state index contributed by atoms with van der Waals surface area (Å²) in [5, 5.41) is 4.11. The molecule has 0 spiro atoms. The lowest BCUT2D eigenvalue weighted by atomic mass is 10.2. The second-order valence-electron chi connectivity index (χ2n) is 8.37. The average molecular weight is 483 g/mol. The first kappa shape index (κ1) is 24.3. The number of aromatic nitrogens is 1. The molecule has 34 heavy (non-hydrogen) atoms. The zero-order chi connectivity index (χ0) is 23.8. The third kappa shape index (κ3) is 6.39. The van der Waals surface area contributed by atoms with Gasteiger partial charge in [-0.05, 0) is 55.8 Å². The monoisotopic (exact) mass is 482 g/mol. The highest BCUT2D eigenvalue weighted by Gasteiger charge is 2.20. The minimum absolute atomic E-state index is 0.0420. The van der Waals surface area contributed by atoms with Gasteiger partial charge >= 0.3 is 0 Å². The summed E-state index contributed by atoms with van der Waals surface area (Å²) in [6.45, 7) is 10.8. The SMILES string of the molecule is CCCCOc1ccc(C(=O)NCCN2CCN(c3nc4ccc(OCC)cc4s3)CC2)cc1. The van der Waals surface area contributed by atoms with Crippen molar-refractivity contribution >= 4 is 32.6 Å². The minimum Gasteiger partial charge on any atom is -0.494 e. The Morgan fingerprint density at radius 2 is 1.79 bits per heavy atom. The molecule has 0 radical (unpaired) electrons. The van der Waals surface area contributed by atoms with Crippen LogP contribution in [0.3, 0.4) is 0 Å². The number of unbranched alkanes of at least 4 members (excludes halogenated alkanes) is 1. The van der Waals surface area contributed by atoms with Crippen molar-refractivity contribution in [2.45, 2.75) is 26.7 Å². The van der Waals surface area contributed by atoms with Gasteiger partial charge in [0.2, 0.25) is 0 Å². The summed E-state index contributed by atoms with van der Waals surface area (Å²) in [4.78, 5) is 22.0. The molecule has 1 saturated heterocycles. The van der Waals surface area contributed by atoms with E-state index in [-0.39, 0.29) is 5.91 Å². The molecule has 3 aromatic rings. The van der Waals surface area contributed by atoms with E-state index in [0.717, 1.165) is 72.4 Å². The molecular weight excluding hydrogens is 448 g/mol. The fourth-order valence-electron chi connectivity index (χ4n) is 3.91. The normalized spacial score (nSPS) is 14.4. The average Bonchev–Trinajstić information content (AvgIpc) is 3.29. The van der Waals surface area contributed by atoms with Gasteiger partial charge in [0.15, 0.2) is 5.13 Å². The van der Waals surface area contributed by atoms with E-state index in [1.807, 2.05) is 43.3 Å². The van der Waals surface area contributed by atoms with Gasteiger partial charge in [0.05, 0.1) is 23.4 Å². The summed E-state index contributed by atoms with van der Waals surface area (Å²) in [5.41, 5.74) is 1.69. The van der Waals surface area contributed by atoms with Gasteiger partial charge < -0.3 is 19.7 Å². The molecule has 0 atom stereocenters. The van der Waals surface area contributed by atoms with Crippen molar-refractivity contribution in [1.29, 1.82) is 0 Å². The molecule has 0 aliphatic carbocycles. The van der Waals surface area contributed by atoms with Crippen LogP contribution in [0.2, 0.25) is 0 Å². The molecule has 182 valence electrons. The topological polar surface area (TPSA) is 66.9 Å². The molecule has 4 rings (SSSR count). The first-order valence-corrected chi connectivity index (χ1v) is 13.0. The first-order valence-electron chi connectivity index (χ1n) is 12.2. The van der Waals surface area contributed by atoms with Crippen molar-refractivity contribution < 1.29 is 14.3 Å². The van der Waals surface area contributed by atoms with Crippen LogP contribution < -0.4 is 19.7 Å². The maximum absolute atomic E-state index is 12.5. The Balaban J connectivity index is 1.19. The van der Waals surface area contributed by atoms with Crippen LogP contribution in [0, 0.1) is 0 Å². The van der Waals surface area contributed by atoms with E-state index in [1.54, 1.807) is 11.3 Å². The number of ether oxygens (including phenoxy) is 2. The molecule has 0 saturated carbocycles. The third-order valence-corrected chi connectivity index (χ3v) is 6.98. The molecule has 0 bridgehead atoms. The van der Waals surface area contributed by atoms with E-state index < -0.39 is 0 Å². The van der Waals surface area contributed by atoms with E-state index in [0.29, 0.717) is 25.3 Å². The van der Waals surface area contributed by atoms with Gasteiger partial charge in [-0.3, -0.25) is 9.69 Å². The van der Waals surface area contributed by atoms with Gasteiger partial charge in [-0.25, -0.2) is 4.98 Å². The molecule has 1 aromatic heterocycles. The molecule has 2 heterocycles. The summed E-state index contributed by atoms with van der Waals surface area (Å²) in [7, 11) is 0. The second-order valence-corrected chi connectivity index (χ2v) is 9.38. The number of benzene rings is 2. The van der Waals surface area contributed by atoms with Crippen LogP contribution in [0.15, 0.2) is 42.5 Å². The van der Waals surface area contributed by atoms with Crippen molar-refractivity contribution in [3.05, 3.63) is 48.0 Å². The molecule has 8 heteroatoms.